The van der Waals surface area contributed by atoms with Gasteiger partial charge in [0, 0.05) is 18.0 Å². The van der Waals surface area contributed by atoms with E-state index in [2.05, 4.69) is 20.6 Å². The minimum absolute atomic E-state index is 0.0130. The lowest BCUT2D eigenvalue weighted by molar-refractivity contribution is -0.136. The van der Waals surface area contributed by atoms with Gasteiger partial charge in [-0.05, 0) is 38.8 Å². The molecular weight excluding hydrogens is 317 g/mol. The van der Waals surface area contributed by atoms with Gasteiger partial charge in [-0.2, -0.15) is 18.2 Å². The predicted octanol–water partition coefficient (Wildman–Crippen LogP) is 4.94. The van der Waals surface area contributed by atoms with Crippen LogP contribution >= 0.6 is 0 Å². The van der Waals surface area contributed by atoms with E-state index in [1.807, 2.05) is 13.8 Å². The maximum atomic E-state index is 13.1. The largest absolute Gasteiger partial charge is 0.418 e. The number of benzene rings is 1. The zero-order valence-electron chi connectivity index (χ0n) is 13.5. The van der Waals surface area contributed by atoms with Gasteiger partial charge in [-0.1, -0.05) is 12.1 Å². The molecule has 1 aromatic heterocycles. The first-order valence-corrected chi connectivity index (χ1v) is 7.91. The van der Waals surface area contributed by atoms with E-state index in [1.54, 1.807) is 12.1 Å². The van der Waals surface area contributed by atoms with Crippen LogP contribution in [0.3, 0.4) is 0 Å². The molecule has 1 saturated carbocycles. The van der Waals surface area contributed by atoms with E-state index in [4.69, 9.17) is 0 Å². The standard InChI is InChI=1S/C17H19F3N4/c1-10(2)21-16-23-14(11-7-8-11)9-15(24-16)22-13-6-4-3-5-12(13)17(18,19)20/h3-6,9-11H,7-8H2,1-2H3,(H2,21,22,23,24). The molecular formula is C17H19F3N4. The minimum atomic E-state index is -4.42. The number of anilines is 3. The van der Waals surface area contributed by atoms with Crippen LogP contribution in [0.2, 0.25) is 0 Å². The summed E-state index contributed by atoms with van der Waals surface area (Å²) in [5, 5.41) is 5.92. The molecule has 0 bridgehead atoms. The molecule has 0 unspecified atom stereocenters. The second kappa shape index (κ2) is 6.30. The summed E-state index contributed by atoms with van der Waals surface area (Å²) in [6.07, 6.45) is -2.32. The quantitative estimate of drug-likeness (QED) is 0.812. The molecule has 128 valence electrons. The monoisotopic (exact) mass is 336 g/mol. The molecule has 3 rings (SSSR count). The lowest BCUT2D eigenvalue weighted by atomic mass is 10.1. The Bertz CT molecular complexity index is 724. The smallest absolute Gasteiger partial charge is 0.352 e. The van der Waals surface area contributed by atoms with E-state index in [0.29, 0.717) is 17.7 Å². The van der Waals surface area contributed by atoms with E-state index in [0.717, 1.165) is 24.6 Å². The third-order valence-electron chi connectivity index (χ3n) is 3.65. The number of nitrogens with one attached hydrogen (secondary N) is 2. The van der Waals surface area contributed by atoms with Crippen molar-refractivity contribution in [2.75, 3.05) is 10.6 Å². The highest BCUT2D eigenvalue weighted by Crippen LogP contribution is 2.41. The third-order valence-corrected chi connectivity index (χ3v) is 3.65. The summed E-state index contributed by atoms with van der Waals surface area (Å²) < 4.78 is 39.4. The molecule has 0 spiro atoms. The second-order valence-corrected chi connectivity index (χ2v) is 6.24. The number of rotatable bonds is 5. The van der Waals surface area contributed by atoms with Crippen molar-refractivity contribution >= 4 is 17.5 Å². The molecule has 2 aromatic rings. The first kappa shape index (κ1) is 16.5. The van der Waals surface area contributed by atoms with Gasteiger partial charge in [0.1, 0.15) is 5.82 Å². The van der Waals surface area contributed by atoms with Crippen molar-refractivity contribution in [3.63, 3.8) is 0 Å². The zero-order chi connectivity index (χ0) is 17.3. The van der Waals surface area contributed by atoms with Gasteiger partial charge in [-0.25, -0.2) is 4.98 Å². The van der Waals surface area contributed by atoms with Gasteiger partial charge in [0.05, 0.1) is 16.9 Å². The van der Waals surface area contributed by atoms with Crippen LogP contribution < -0.4 is 10.6 Å². The molecule has 1 aliphatic carbocycles. The Morgan fingerprint density at radius 3 is 2.46 bits per heavy atom. The van der Waals surface area contributed by atoms with Gasteiger partial charge in [-0.15, -0.1) is 0 Å². The van der Waals surface area contributed by atoms with Crippen molar-refractivity contribution in [1.29, 1.82) is 0 Å². The van der Waals surface area contributed by atoms with Gasteiger partial charge in [-0.3, -0.25) is 0 Å². The van der Waals surface area contributed by atoms with Gasteiger partial charge in [0.15, 0.2) is 0 Å². The molecule has 4 nitrogen and oxygen atoms in total. The van der Waals surface area contributed by atoms with Crippen LogP contribution in [0.5, 0.6) is 0 Å². The van der Waals surface area contributed by atoms with E-state index in [9.17, 15) is 13.2 Å². The summed E-state index contributed by atoms with van der Waals surface area (Å²) in [5.41, 5.74) is 0.135. The number of hydrogen-bond donors (Lipinski definition) is 2. The van der Waals surface area contributed by atoms with Crippen LogP contribution in [-0.2, 0) is 6.18 Å². The molecule has 1 aliphatic rings. The summed E-state index contributed by atoms with van der Waals surface area (Å²) in [4.78, 5) is 8.77. The zero-order valence-corrected chi connectivity index (χ0v) is 13.5. The Balaban J connectivity index is 1.94. The van der Waals surface area contributed by atoms with Gasteiger partial charge < -0.3 is 10.6 Å². The Labute approximate surface area is 138 Å². The molecule has 0 saturated heterocycles. The molecule has 0 aliphatic heterocycles. The maximum absolute atomic E-state index is 13.1. The number of aromatic nitrogens is 2. The van der Waals surface area contributed by atoms with E-state index < -0.39 is 11.7 Å². The second-order valence-electron chi connectivity index (χ2n) is 6.24. The molecule has 0 amide bonds. The van der Waals surface area contributed by atoms with Crippen molar-refractivity contribution in [1.82, 2.24) is 9.97 Å². The lowest BCUT2D eigenvalue weighted by Crippen LogP contribution is -2.14. The van der Waals surface area contributed by atoms with Crippen molar-refractivity contribution < 1.29 is 13.2 Å². The van der Waals surface area contributed by atoms with Crippen LogP contribution in [0, 0.1) is 0 Å². The average molecular weight is 336 g/mol. The summed E-state index contributed by atoms with van der Waals surface area (Å²) in [7, 11) is 0. The molecule has 1 aromatic carbocycles. The molecule has 2 N–H and O–H groups in total. The van der Waals surface area contributed by atoms with Crippen LogP contribution in [0.1, 0.15) is 43.9 Å². The highest BCUT2D eigenvalue weighted by Gasteiger charge is 2.33. The van der Waals surface area contributed by atoms with Gasteiger partial charge in [0.25, 0.3) is 0 Å². The maximum Gasteiger partial charge on any atom is 0.418 e. The number of hydrogen-bond acceptors (Lipinski definition) is 4. The van der Waals surface area contributed by atoms with Gasteiger partial charge in [0.2, 0.25) is 5.95 Å². The van der Waals surface area contributed by atoms with E-state index >= 15 is 0 Å². The fourth-order valence-corrected chi connectivity index (χ4v) is 2.42. The predicted molar refractivity (Wildman–Crippen MR) is 87.5 cm³/mol. The Kier molecular flexibility index (Phi) is 4.34. The van der Waals surface area contributed by atoms with Crippen LogP contribution in [-0.4, -0.2) is 16.0 Å². The third kappa shape index (κ3) is 3.96. The first-order valence-electron chi connectivity index (χ1n) is 7.91. The number of halogens is 3. The van der Waals surface area contributed by atoms with Crippen molar-refractivity contribution in [2.45, 2.75) is 44.8 Å². The topological polar surface area (TPSA) is 49.8 Å². The number of nitrogens with zero attached hydrogens (tertiary/aromatic N) is 2. The van der Waals surface area contributed by atoms with Crippen molar-refractivity contribution in [3.8, 4) is 0 Å². The number of alkyl halides is 3. The summed E-state index contributed by atoms with van der Waals surface area (Å²) in [5.74, 6) is 1.17. The van der Waals surface area contributed by atoms with Gasteiger partial charge >= 0.3 is 6.18 Å². The molecule has 1 fully saturated rings. The summed E-state index contributed by atoms with van der Waals surface area (Å²) >= 11 is 0. The van der Waals surface area contributed by atoms with Crippen molar-refractivity contribution in [2.24, 2.45) is 0 Å². The van der Waals surface area contributed by atoms with Crippen LogP contribution in [0.15, 0.2) is 30.3 Å². The minimum Gasteiger partial charge on any atom is -0.352 e. The summed E-state index contributed by atoms with van der Waals surface area (Å²) in [6, 6.07) is 7.25. The molecule has 7 heteroatoms. The SMILES string of the molecule is CC(C)Nc1nc(Nc2ccccc2C(F)(F)F)cc(C2CC2)n1. The van der Waals surface area contributed by atoms with Crippen molar-refractivity contribution in [3.05, 3.63) is 41.6 Å². The Morgan fingerprint density at radius 2 is 1.83 bits per heavy atom. The highest BCUT2D eigenvalue weighted by molar-refractivity contribution is 5.62. The normalized spacial score (nSPS) is 14.8. The molecule has 24 heavy (non-hydrogen) atoms. The Morgan fingerprint density at radius 1 is 1.12 bits per heavy atom. The first-order chi connectivity index (χ1) is 11.3. The average Bonchev–Trinajstić information content (AvgIpc) is 3.30. The molecule has 0 atom stereocenters. The molecule has 0 radical (unpaired) electrons. The fourth-order valence-electron chi connectivity index (χ4n) is 2.42. The number of para-hydroxylation sites is 1. The van der Waals surface area contributed by atoms with E-state index in [1.165, 1.54) is 12.1 Å². The van der Waals surface area contributed by atoms with Crippen LogP contribution in [0.25, 0.3) is 0 Å². The highest BCUT2D eigenvalue weighted by atomic mass is 19.4. The molecule has 1 heterocycles. The van der Waals surface area contributed by atoms with Crippen LogP contribution in [0.4, 0.5) is 30.6 Å². The summed E-state index contributed by atoms with van der Waals surface area (Å²) in [6.45, 7) is 3.92. The van der Waals surface area contributed by atoms with E-state index in [-0.39, 0.29) is 11.7 Å². The fraction of sp³-hybridized carbons (Fsp3) is 0.412. The lowest BCUT2D eigenvalue weighted by Gasteiger charge is -2.16. The Hall–Kier alpha value is -2.31.